The molecule has 0 heterocycles. The van der Waals surface area contributed by atoms with Gasteiger partial charge >= 0.3 is 0 Å². The summed E-state index contributed by atoms with van der Waals surface area (Å²) in [5.74, 6) is -1.47. The highest BCUT2D eigenvalue weighted by Crippen LogP contribution is 2.33. The Morgan fingerprint density at radius 2 is 1.55 bits per heavy atom. The fourth-order valence-electron chi connectivity index (χ4n) is 1.49. The van der Waals surface area contributed by atoms with Gasteiger partial charge in [0.05, 0.1) is 22.2 Å². The zero-order valence-corrected chi connectivity index (χ0v) is 13.6. The number of nitrogens with zero attached hydrogens (tertiary/aromatic N) is 1. The van der Waals surface area contributed by atoms with Crippen LogP contribution in [0.5, 0.6) is 0 Å². The molecule has 114 valence electrons. The lowest BCUT2D eigenvalue weighted by Crippen LogP contribution is -2.39. The van der Waals surface area contributed by atoms with Crippen LogP contribution in [0, 0.1) is 12.7 Å². The quantitative estimate of drug-likeness (QED) is 0.822. The van der Waals surface area contributed by atoms with Crippen molar-refractivity contribution in [1.82, 2.24) is 0 Å². The molecule has 0 bridgehead atoms. The van der Waals surface area contributed by atoms with Gasteiger partial charge in [0.15, 0.2) is 0 Å². The molecule has 0 aromatic heterocycles. The lowest BCUT2D eigenvalue weighted by molar-refractivity contribution is 0.585. The van der Waals surface area contributed by atoms with Crippen LogP contribution in [0.25, 0.3) is 0 Å². The molecule has 0 saturated heterocycles. The summed E-state index contributed by atoms with van der Waals surface area (Å²) in [6.45, 7) is 4.03. The summed E-state index contributed by atoms with van der Waals surface area (Å²) >= 11 is 5.81. The van der Waals surface area contributed by atoms with Crippen molar-refractivity contribution in [3.05, 3.63) is 28.5 Å². The first kappa shape index (κ1) is 17.2. The van der Waals surface area contributed by atoms with Gasteiger partial charge in [0.2, 0.25) is 20.0 Å². The van der Waals surface area contributed by atoms with Crippen LogP contribution in [0.3, 0.4) is 0 Å². The zero-order valence-electron chi connectivity index (χ0n) is 11.2. The molecule has 5 nitrogen and oxygen atoms in total. The summed E-state index contributed by atoms with van der Waals surface area (Å²) in [6, 6.07) is 2.01. The third-order valence-corrected chi connectivity index (χ3v) is 7.19. The Bertz CT molecular complexity index is 682. The summed E-state index contributed by atoms with van der Waals surface area (Å²) in [7, 11) is -8.19. The van der Waals surface area contributed by atoms with Crippen LogP contribution in [0.2, 0.25) is 5.02 Å². The topological polar surface area (TPSA) is 71.5 Å². The lowest BCUT2D eigenvalue weighted by atomic mass is 10.2. The number of hydrogen-bond acceptors (Lipinski definition) is 4. The molecule has 0 N–H and O–H groups in total. The van der Waals surface area contributed by atoms with Gasteiger partial charge in [-0.3, -0.25) is 0 Å². The monoisotopic (exact) mass is 343 g/mol. The van der Waals surface area contributed by atoms with E-state index in [1.54, 1.807) is 0 Å². The SMILES string of the molecule is CCS(=O)(=O)N(c1cc(C)c(F)cc1Cl)S(=O)(=O)CC. The molecule has 0 saturated carbocycles. The standard InChI is InChI=1S/C11H15ClFNO4S2/c1-4-19(15,16)14(20(17,18)5-2)11-6-8(3)10(13)7-9(11)12/h6-7H,4-5H2,1-3H3. The number of aryl methyl sites for hydroxylation is 1. The number of hydrogen-bond donors (Lipinski definition) is 0. The van der Waals surface area contributed by atoms with Gasteiger partial charge in [-0.15, -0.1) is 0 Å². The summed E-state index contributed by atoms with van der Waals surface area (Å²) in [5, 5.41) is -0.276. The number of anilines is 1. The molecule has 0 aliphatic heterocycles. The van der Waals surface area contributed by atoms with Crippen molar-refractivity contribution in [3.63, 3.8) is 0 Å². The smallest absolute Gasteiger partial charge is 0.207 e. The maximum absolute atomic E-state index is 13.4. The molecule has 20 heavy (non-hydrogen) atoms. The molecule has 1 rings (SSSR count). The largest absolute Gasteiger partial charge is 0.248 e. The minimum absolute atomic E-state index is 0.104. The Labute approximate surface area is 123 Å². The van der Waals surface area contributed by atoms with Crippen LogP contribution < -0.4 is 3.71 Å². The highest BCUT2D eigenvalue weighted by atomic mass is 35.5. The molecule has 0 amide bonds. The molecule has 0 aliphatic carbocycles. The van der Waals surface area contributed by atoms with E-state index >= 15 is 0 Å². The number of halogens is 2. The highest BCUT2D eigenvalue weighted by molar-refractivity contribution is 8.10. The zero-order chi connectivity index (χ0) is 15.7. The second-order valence-corrected chi connectivity index (χ2v) is 8.90. The van der Waals surface area contributed by atoms with E-state index in [1.807, 2.05) is 0 Å². The molecular weight excluding hydrogens is 329 g/mol. The van der Waals surface area contributed by atoms with Crippen LogP contribution in [0.1, 0.15) is 19.4 Å². The van der Waals surface area contributed by atoms with E-state index in [9.17, 15) is 21.2 Å². The first-order valence-electron chi connectivity index (χ1n) is 5.78. The maximum atomic E-state index is 13.4. The predicted molar refractivity (Wildman–Crippen MR) is 77.5 cm³/mol. The minimum Gasteiger partial charge on any atom is -0.207 e. The Balaban J connectivity index is 3.69. The van der Waals surface area contributed by atoms with Crippen LogP contribution in [-0.2, 0) is 20.0 Å². The molecule has 0 aliphatic rings. The number of rotatable bonds is 5. The molecule has 1 aromatic carbocycles. The van der Waals surface area contributed by atoms with E-state index in [2.05, 4.69) is 0 Å². The fourth-order valence-corrected chi connectivity index (χ4v) is 5.21. The van der Waals surface area contributed by atoms with E-state index in [0.717, 1.165) is 12.1 Å². The summed E-state index contributed by atoms with van der Waals surface area (Å²) in [6.07, 6.45) is 0. The van der Waals surface area contributed by atoms with Crippen molar-refractivity contribution in [2.24, 2.45) is 0 Å². The Kier molecular flexibility index (Phi) is 5.04. The molecule has 0 fully saturated rings. The van der Waals surface area contributed by atoms with Crippen LogP contribution in [0.15, 0.2) is 12.1 Å². The molecule has 0 atom stereocenters. The van der Waals surface area contributed by atoms with Gasteiger partial charge < -0.3 is 0 Å². The first-order chi connectivity index (χ1) is 9.06. The van der Waals surface area contributed by atoms with Gasteiger partial charge in [-0.2, -0.15) is 3.71 Å². The molecule has 1 aromatic rings. The van der Waals surface area contributed by atoms with Gasteiger partial charge in [0.25, 0.3) is 0 Å². The van der Waals surface area contributed by atoms with E-state index in [-0.39, 0.29) is 20.0 Å². The van der Waals surface area contributed by atoms with Gasteiger partial charge in [0, 0.05) is 0 Å². The third-order valence-electron chi connectivity index (χ3n) is 2.66. The van der Waals surface area contributed by atoms with Crippen LogP contribution in [0.4, 0.5) is 10.1 Å². The van der Waals surface area contributed by atoms with Crippen LogP contribution >= 0.6 is 11.6 Å². The van der Waals surface area contributed by atoms with Crippen molar-refractivity contribution in [1.29, 1.82) is 0 Å². The van der Waals surface area contributed by atoms with E-state index in [1.165, 1.54) is 20.8 Å². The Morgan fingerprint density at radius 3 is 1.95 bits per heavy atom. The van der Waals surface area contributed by atoms with Crippen molar-refractivity contribution in [3.8, 4) is 0 Å². The molecule has 0 spiro atoms. The normalized spacial score (nSPS) is 12.4. The van der Waals surface area contributed by atoms with E-state index in [4.69, 9.17) is 11.6 Å². The molecule has 9 heteroatoms. The predicted octanol–water partition coefficient (Wildman–Crippen LogP) is 2.29. The second kappa shape index (κ2) is 5.87. The molecular formula is C11H15ClFNO4S2. The third kappa shape index (κ3) is 3.24. The lowest BCUT2D eigenvalue weighted by Gasteiger charge is -2.24. The summed E-state index contributed by atoms with van der Waals surface area (Å²) < 4.78 is 61.9. The number of benzene rings is 1. The highest BCUT2D eigenvalue weighted by Gasteiger charge is 2.33. The van der Waals surface area contributed by atoms with Crippen LogP contribution in [-0.4, -0.2) is 28.3 Å². The van der Waals surface area contributed by atoms with Crippen molar-refractivity contribution >= 4 is 37.3 Å². The van der Waals surface area contributed by atoms with E-state index < -0.39 is 37.4 Å². The average molecular weight is 344 g/mol. The summed E-state index contributed by atoms with van der Waals surface area (Å²) in [5.41, 5.74) is -0.152. The number of sulfonamides is 2. The Morgan fingerprint density at radius 1 is 1.10 bits per heavy atom. The van der Waals surface area contributed by atoms with Crippen molar-refractivity contribution < 1.29 is 21.2 Å². The average Bonchev–Trinajstić information content (AvgIpc) is 2.35. The molecule has 0 radical (unpaired) electrons. The van der Waals surface area contributed by atoms with Crippen molar-refractivity contribution in [2.45, 2.75) is 20.8 Å². The van der Waals surface area contributed by atoms with Gasteiger partial charge in [-0.1, -0.05) is 11.6 Å². The second-order valence-electron chi connectivity index (χ2n) is 4.05. The van der Waals surface area contributed by atoms with E-state index in [0.29, 0.717) is 0 Å². The Hall–Kier alpha value is -0.860. The van der Waals surface area contributed by atoms with Crippen molar-refractivity contribution in [2.75, 3.05) is 15.2 Å². The van der Waals surface area contributed by atoms with Gasteiger partial charge in [0.1, 0.15) is 5.82 Å². The first-order valence-corrected chi connectivity index (χ1v) is 9.38. The molecule has 0 unspecified atom stereocenters. The summed E-state index contributed by atoms with van der Waals surface area (Å²) in [4.78, 5) is 0. The van der Waals surface area contributed by atoms with Gasteiger partial charge in [-0.25, -0.2) is 21.2 Å². The minimum atomic E-state index is -4.10. The fraction of sp³-hybridized carbons (Fsp3) is 0.455. The van der Waals surface area contributed by atoms with Gasteiger partial charge in [-0.05, 0) is 38.5 Å². The maximum Gasteiger partial charge on any atom is 0.248 e.